The van der Waals surface area contributed by atoms with Crippen molar-refractivity contribution in [1.29, 1.82) is 0 Å². The van der Waals surface area contributed by atoms with Crippen molar-refractivity contribution in [3.63, 3.8) is 0 Å². The first-order valence-corrected chi connectivity index (χ1v) is 7.38. The summed E-state index contributed by atoms with van der Waals surface area (Å²) in [7, 11) is 0. The zero-order valence-electron chi connectivity index (χ0n) is 11.5. The molecule has 2 saturated heterocycles. The maximum atomic E-state index is 14.0. The maximum absolute atomic E-state index is 14.0. The summed E-state index contributed by atoms with van der Waals surface area (Å²) in [5.41, 5.74) is 2.20. The Morgan fingerprint density at radius 2 is 1.90 bits per heavy atom. The summed E-state index contributed by atoms with van der Waals surface area (Å²) >= 11 is 0. The number of halogens is 2. The smallest absolute Gasteiger partial charge is 0.220 e. The standard InChI is InChI=1S/C17H16F2N2/c18-12-3-1-10(2-4-12)15-7-11(9-20-17(15)19)14-8-13-5-6-16(14)21-13/h1-4,7,9,13-14,16,21H,5-6,8H2/t13-,14+,16+/m0/s1. The van der Waals surface area contributed by atoms with E-state index in [-0.39, 0.29) is 5.82 Å². The van der Waals surface area contributed by atoms with Crippen LogP contribution in [0.15, 0.2) is 36.5 Å². The molecule has 4 heteroatoms. The summed E-state index contributed by atoms with van der Waals surface area (Å²) in [4.78, 5) is 3.92. The molecule has 2 fully saturated rings. The summed E-state index contributed by atoms with van der Waals surface area (Å²) in [6, 6.07) is 8.85. The third-order valence-electron chi connectivity index (χ3n) is 4.74. The van der Waals surface area contributed by atoms with Crippen LogP contribution in [0.2, 0.25) is 0 Å². The van der Waals surface area contributed by atoms with E-state index in [2.05, 4.69) is 10.3 Å². The average Bonchev–Trinajstić information content (AvgIpc) is 3.12. The summed E-state index contributed by atoms with van der Waals surface area (Å²) < 4.78 is 27.0. The molecule has 0 spiro atoms. The number of rotatable bonds is 2. The molecule has 2 aliphatic heterocycles. The molecule has 0 unspecified atom stereocenters. The van der Waals surface area contributed by atoms with Crippen molar-refractivity contribution in [2.24, 2.45) is 0 Å². The van der Waals surface area contributed by atoms with E-state index in [4.69, 9.17) is 0 Å². The molecular formula is C17H16F2N2. The van der Waals surface area contributed by atoms with Crippen LogP contribution < -0.4 is 5.32 Å². The van der Waals surface area contributed by atoms with E-state index in [1.165, 1.54) is 25.0 Å². The summed E-state index contributed by atoms with van der Waals surface area (Å²) in [5, 5.41) is 3.59. The van der Waals surface area contributed by atoms with Crippen LogP contribution in [-0.4, -0.2) is 17.1 Å². The minimum Gasteiger partial charge on any atom is -0.311 e. The van der Waals surface area contributed by atoms with Gasteiger partial charge in [-0.15, -0.1) is 0 Å². The molecular weight excluding hydrogens is 270 g/mol. The molecule has 3 heterocycles. The predicted octanol–water partition coefficient (Wildman–Crippen LogP) is 3.63. The van der Waals surface area contributed by atoms with Crippen molar-refractivity contribution >= 4 is 0 Å². The Hall–Kier alpha value is -1.81. The normalized spacial score (nSPS) is 27.2. The van der Waals surface area contributed by atoms with Gasteiger partial charge in [-0.3, -0.25) is 0 Å². The van der Waals surface area contributed by atoms with Crippen LogP contribution in [0.5, 0.6) is 0 Å². The number of nitrogens with one attached hydrogen (secondary N) is 1. The lowest BCUT2D eigenvalue weighted by molar-refractivity contribution is 0.502. The van der Waals surface area contributed by atoms with Crippen molar-refractivity contribution in [3.05, 3.63) is 53.9 Å². The quantitative estimate of drug-likeness (QED) is 0.853. The Bertz CT molecular complexity index is 669. The van der Waals surface area contributed by atoms with Crippen LogP contribution >= 0.6 is 0 Å². The van der Waals surface area contributed by atoms with E-state index >= 15 is 0 Å². The van der Waals surface area contributed by atoms with E-state index in [1.54, 1.807) is 18.3 Å². The minimum absolute atomic E-state index is 0.319. The zero-order valence-corrected chi connectivity index (χ0v) is 11.5. The zero-order chi connectivity index (χ0) is 14.4. The molecule has 108 valence electrons. The number of aromatic nitrogens is 1. The summed E-state index contributed by atoms with van der Waals surface area (Å²) in [6.45, 7) is 0. The van der Waals surface area contributed by atoms with Crippen molar-refractivity contribution in [1.82, 2.24) is 10.3 Å². The van der Waals surface area contributed by atoms with Crippen molar-refractivity contribution in [2.75, 3.05) is 0 Å². The number of fused-ring (bicyclic) bond motifs is 2. The third kappa shape index (κ3) is 2.23. The molecule has 2 bridgehead atoms. The fourth-order valence-corrected chi connectivity index (χ4v) is 3.69. The van der Waals surface area contributed by atoms with Crippen LogP contribution in [0, 0.1) is 11.8 Å². The predicted molar refractivity (Wildman–Crippen MR) is 76.9 cm³/mol. The Labute approximate surface area is 122 Å². The first-order valence-electron chi connectivity index (χ1n) is 7.38. The second kappa shape index (κ2) is 4.88. The van der Waals surface area contributed by atoms with Crippen LogP contribution in [0.4, 0.5) is 8.78 Å². The van der Waals surface area contributed by atoms with E-state index in [0.717, 1.165) is 12.0 Å². The molecule has 2 nitrogen and oxygen atoms in total. The van der Waals surface area contributed by atoms with Gasteiger partial charge >= 0.3 is 0 Å². The molecule has 0 amide bonds. The Balaban J connectivity index is 1.71. The number of hydrogen-bond donors (Lipinski definition) is 1. The van der Waals surface area contributed by atoms with Crippen LogP contribution in [-0.2, 0) is 0 Å². The minimum atomic E-state index is -0.499. The van der Waals surface area contributed by atoms with E-state index in [1.807, 2.05) is 6.07 Å². The van der Waals surface area contributed by atoms with Gasteiger partial charge in [-0.25, -0.2) is 9.37 Å². The highest BCUT2D eigenvalue weighted by Crippen LogP contribution is 2.40. The SMILES string of the molecule is Fc1ccc(-c2cc([C@H]3C[C@@H]4CC[C@H]3N4)cnc2F)cc1. The molecule has 1 aromatic heterocycles. The van der Waals surface area contributed by atoms with E-state index in [9.17, 15) is 8.78 Å². The average molecular weight is 286 g/mol. The van der Waals surface area contributed by atoms with Crippen LogP contribution in [0.25, 0.3) is 11.1 Å². The highest BCUT2D eigenvalue weighted by Gasteiger charge is 2.39. The first kappa shape index (κ1) is 12.9. The van der Waals surface area contributed by atoms with Gasteiger partial charge in [0.25, 0.3) is 0 Å². The molecule has 1 N–H and O–H groups in total. The summed E-state index contributed by atoms with van der Waals surface area (Å²) in [5.74, 6) is -0.405. The number of hydrogen-bond acceptors (Lipinski definition) is 2. The van der Waals surface area contributed by atoms with E-state index < -0.39 is 5.95 Å². The lowest BCUT2D eigenvalue weighted by Crippen LogP contribution is -2.21. The molecule has 0 aliphatic carbocycles. The maximum Gasteiger partial charge on any atom is 0.220 e. The number of nitrogens with zero attached hydrogens (tertiary/aromatic N) is 1. The van der Waals surface area contributed by atoms with Gasteiger partial charge in [0, 0.05) is 29.8 Å². The lowest BCUT2D eigenvalue weighted by atomic mass is 9.84. The van der Waals surface area contributed by atoms with E-state index in [0.29, 0.717) is 29.1 Å². The molecule has 1 aromatic carbocycles. The van der Waals surface area contributed by atoms with Gasteiger partial charge in [0.15, 0.2) is 0 Å². The largest absolute Gasteiger partial charge is 0.311 e. The van der Waals surface area contributed by atoms with Crippen molar-refractivity contribution in [2.45, 2.75) is 37.3 Å². The highest BCUT2D eigenvalue weighted by molar-refractivity contribution is 5.64. The molecule has 3 atom stereocenters. The van der Waals surface area contributed by atoms with Crippen LogP contribution in [0.1, 0.15) is 30.7 Å². The van der Waals surface area contributed by atoms with Gasteiger partial charge in [-0.05, 0) is 48.6 Å². The lowest BCUT2D eigenvalue weighted by Gasteiger charge is -2.20. The first-order chi connectivity index (χ1) is 10.2. The second-order valence-corrected chi connectivity index (χ2v) is 6.00. The van der Waals surface area contributed by atoms with Crippen molar-refractivity contribution < 1.29 is 8.78 Å². The van der Waals surface area contributed by atoms with Gasteiger partial charge < -0.3 is 5.32 Å². The van der Waals surface area contributed by atoms with Gasteiger partial charge in [0.1, 0.15) is 5.82 Å². The van der Waals surface area contributed by atoms with Gasteiger partial charge in [-0.1, -0.05) is 12.1 Å². The van der Waals surface area contributed by atoms with Gasteiger partial charge in [0.2, 0.25) is 5.95 Å². The highest BCUT2D eigenvalue weighted by atomic mass is 19.1. The number of pyridine rings is 1. The monoisotopic (exact) mass is 286 g/mol. The van der Waals surface area contributed by atoms with Gasteiger partial charge in [-0.2, -0.15) is 4.39 Å². The molecule has 21 heavy (non-hydrogen) atoms. The van der Waals surface area contributed by atoms with Gasteiger partial charge in [0.05, 0.1) is 0 Å². The topological polar surface area (TPSA) is 24.9 Å². The van der Waals surface area contributed by atoms with Crippen LogP contribution in [0.3, 0.4) is 0 Å². The Morgan fingerprint density at radius 1 is 1.10 bits per heavy atom. The molecule has 4 rings (SSSR count). The fourth-order valence-electron chi connectivity index (χ4n) is 3.69. The number of benzene rings is 1. The fraction of sp³-hybridized carbons (Fsp3) is 0.353. The van der Waals surface area contributed by atoms with Crippen molar-refractivity contribution in [3.8, 4) is 11.1 Å². The summed E-state index contributed by atoms with van der Waals surface area (Å²) in [6.07, 6.45) is 5.16. The molecule has 0 radical (unpaired) electrons. The third-order valence-corrected chi connectivity index (χ3v) is 4.74. The molecule has 2 aliphatic rings. The second-order valence-electron chi connectivity index (χ2n) is 6.00. The molecule has 0 saturated carbocycles. The Morgan fingerprint density at radius 3 is 2.57 bits per heavy atom. The Kier molecular flexibility index (Phi) is 3.00. The molecule has 2 aromatic rings.